The van der Waals surface area contributed by atoms with E-state index >= 15 is 0 Å². The molecule has 1 atom stereocenters. The monoisotopic (exact) mass is 340 g/mol. The van der Waals surface area contributed by atoms with Crippen molar-refractivity contribution in [2.75, 3.05) is 19.6 Å². The summed E-state index contributed by atoms with van der Waals surface area (Å²) in [5, 5.41) is 3.88. The van der Waals surface area contributed by atoms with Gasteiger partial charge in [-0.25, -0.2) is 0 Å². The predicted molar refractivity (Wildman–Crippen MR) is 89.8 cm³/mol. The fourth-order valence-electron chi connectivity index (χ4n) is 2.54. The van der Waals surface area contributed by atoms with Crippen LogP contribution in [0.5, 0.6) is 0 Å². The van der Waals surface area contributed by atoms with Gasteiger partial charge in [0.05, 0.1) is 5.02 Å². The van der Waals surface area contributed by atoms with Crippen LogP contribution in [0.1, 0.15) is 17.5 Å². The minimum Gasteiger partial charge on any atom is -0.451 e. The standard InChI is InChI=1S/C16H17ClN2O2.ClH/c1-11-10-18-8-9-19(11)16(20)15-7-6-14(21-15)12-4-2-3-5-13(12)17;/h2-7,11,18H,8-10H2,1H3;1H/t11-;/m0./s1. The number of piperazine rings is 1. The summed E-state index contributed by atoms with van der Waals surface area (Å²) >= 11 is 6.16. The first kappa shape index (κ1) is 16.9. The predicted octanol–water partition coefficient (Wildman–Crippen LogP) is 3.46. The van der Waals surface area contributed by atoms with Gasteiger partial charge in [-0.2, -0.15) is 0 Å². The molecule has 1 aromatic carbocycles. The van der Waals surface area contributed by atoms with Gasteiger partial charge in [-0.15, -0.1) is 12.4 Å². The Morgan fingerprint density at radius 3 is 2.82 bits per heavy atom. The molecule has 3 rings (SSSR count). The lowest BCUT2D eigenvalue weighted by Gasteiger charge is -2.33. The second-order valence-corrected chi connectivity index (χ2v) is 5.60. The number of rotatable bonds is 2. The molecule has 0 unspecified atom stereocenters. The molecule has 0 saturated carbocycles. The highest BCUT2D eigenvalue weighted by atomic mass is 35.5. The molecule has 1 saturated heterocycles. The van der Waals surface area contributed by atoms with Gasteiger partial charge in [-0.05, 0) is 31.2 Å². The number of hydrogen-bond donors (Lipinski definition) is 1. The van der Waals surface area contributed by atoms with Gasteiger partial charge in [0.2, 0.25) is 0 Å². The maximum atomic E-state index is 12.5. The smallest absolute Gasteiger partial charge is 0.289 e. The molecule has 0 aliphatic carbocycles. The van der Waals surface area contributed by atoms with Crippen molar-refractivity contribution in [2.24, 2.45) is 0 Å². The molecule has 2 heterocycles. The molecule has 1 amide bonds. The lowest BCUT2D eigenvalue weighted by molar-refractivity contribution is 0.0624. The van der Waals surface area contributed by atoms with E-state index in [1.165, 1.54) is 0 Å². The number of halogens is 2. The van der Waals surface area contributed by atoms with Crippen LogP contribution in [0.4, 0.5) is 0 Å². The molecule has 0 bridgehead atoms. The van der Waals surface area contributed by atoms with Crippen LogP contribution < -0.4 is 5.32 Å². The van der Waals surface area contributed by atoms with Crippen molar-refractivity contribution in [3.63, 3.8) is 0 Å². The molecule has 22 heavy (non-hydrogen) atoms. The molecule has 118 valence electrons. The second-order valence-electron chi connectivity index (χ2n) is 5.20. The molecular formula is C16H18Cl2N2O2. The third-order valence-corrected chi connectivity index (χ3v) is 4.05. The van der Waals surface area contributed by atoms with Crippen molar-refractivity contribution in [3.8, 4) is 11.3 Å². The van der Waals surface area contributed by atoms with Crippen molar-refractivity contribution >= 4 is 29.9 Å². The molecule has 1 aliphatic heterocycles. The number of carbonyl (C=O) groups is 1. The molecule has 1 aliphatic rings. The van der Waals surface area contributed by atoms with Crippen molar-refractivity contribution in [1.82, 2.24) is 10.2 Å². The van der Waals surface area contributed by atoms with E-state index in [0.717, 1.165) is 18.7 Å². The van der Waals surface area contributed by atoms with Crippen LogP contribution in [0, 0.1) is 0 Å². The first-order chi connectivity index (χ1) is 10.2. The summed E-state index contributed by atoms with van der Waals surface area (Å²) in [6, 6.07) is 11.1. The normalized spacial score (nSPS) is 17.9. The molecule has 0 radical (unpaired) electrons. The van der Waals surface area contributed by atoms with E-state index in [9.17, 15) is 4.79 Å². The largest absolute Gasteiger partial charge is 0.451 e. The van der Waals surface area contributed by atoms with Gasteiger partial charge >= 0.3 is 0 Å². The average molecular weight is 341 g/mol. The van der Waals surface area contributed by atoms with Gasteiger partial charge in [0.15, 0.2) is 5.76 Å². The van der Waals surface area contributed by atoms with Crippen LogP contribution in [0.25, 0.3) is 11.3 Å². The van der Waals surface area contributed by atoms with Crippen molar-refractivity contribution < 1.29 is 9.21 Å². The first-order valence-corrected chi connectivity index (χ1v) is 7.41. The molecule has 1 N–H and O–H groups in total. The summed E-state index contributed by atoms with van der Waals surface area (Å²) in [7, 11) is 0. The number of carbonyl (C=O) groups excluding carboxylic acids is 1. The Bertz CT molecular complexity index is 657. The van der Waals surface area contributed by atoms with Crippen molar-refractivity contribution in [3.05, 3.63) is 47.2 Å². The maximum absolute atomic E-state index is 12.5. The Morgan fingerprint density at radius 1 is 1.32 bits per heavy atom. The Balaban J connectivity index is 0.00000176. The van der Waals surface area contributed by atoms with Crippen molar-refractivity contribution in [1.29, 1.82) is 0 Å². The topological polar surface area (TPSA) is 45.5 Å². The van der Waals surface area contributed by atoms with E-state index in [0.29, 0.717) is 23.1 Å². The second kappa shape index (κ2) is 7.18. The Hall–Kier alpha value is -1.49. The Labute approximate surface area is 140 Å². The van der Waals surface area contributed by atoms with Gasteiger partial charge in [-0.1, -0.05) is 23.7 Å². The van der Waals surface area contributed by atoms with Gasteiger partial charge in [-0.3, -0.25) is 4.79 Å². The van der Waals surface area contributed by atoms with E-state index < -0.39 is 0 Å². The van der Waals surface area contributed by atoms with Crippen LogP contribution in [0.15, 0.2) is 40.8 Å². The Kier molecular flexibility index (Phi) is 5.51. The Morgan fingerprint density at radius 2 is 2.09 bits per heavy atom. The number of benzene rings is 1. The zero-order valence-electron chi connectivity index (χ0n) is 12.2. The lowest BCUT2D eigenvalue weighted by atomic mass is 10.2. The maximum Gasteiger partial charge on any atom is 0.289 e. The highest BCUT2D eigenvalue weighted by Crippen LogP contribution is 2.29. The summed E-state index contributed by atoms with van der Waals surface area (Å²) in [4.78, 5) is 14.4. The van der Waals surface area contributed by atoms with E-state index in [1.54, 1.807) is 18.2 Å². The van der Waals surface area contributed by atoms with Crippen molar-refractivity contribution in [2.45, 2.75) is 13.0 Å². The average Bonchev–Trinajstić information content (AvgIpc) is 2.97. The zero-order valence-corrected chi connectivity index (χ0v) is 13.8. The molecule has 6 heteroatoms. The SMILES string of the molecule is C[C@H]1CNCCN1C(=O)c1ccc(-c2ccccc2Cl)o1.Cl. The zero-order chi connectivity index (χ0) is 14.8. The summed E-state index contributed by atoms with van der Waals surface area (Å²) in [6.45, 7) is 4.35. The molecular weight excluding hydrogens is 323 g/mol. The highest BCUT2D eigenvalue weighted by Gasteiger charge is 2.26. The van der Waals surface area contributed by atoms with Crippen LogP contribution in [0.2, 0.25) is 5.02 Å². The number of nitrogens with one attached hydrogen (secondary N) is 1. The summed E-state index contributed by atoms with van der Waals surface area (Å²) in [5.41, 5.74) is 0.798. The summed E-state index contributed by atoms with van der Waals surface area (Å²) < 4.78 is 5.72. The number of hydrogen-bond acceptors (Lipinski definition) is 3. The van der Waals surface area contributed by atoms with E-state index in [-0.39, 0.29) is 24.4 Å². The van der Waals surface area contributed by atoms with Crippen LogP contribution in [-0.2, 0) is 0 Å². The van der Waals surface area contributed by atoms with Crippen LogP contribution >= 0.6 is 24.0 Å². The minimum atomic E-state index is -0.0673. The van der Waals surface area contributed by atoms with Gasteiger partial charge in [0.1, 0.15) is 5.76 Å². The highest BCUT2D eigenvalue weighted by molar-refractivity contribution is 6.33. The third kappa shape index (κ3) is 3.29. The molecule has 1 fully saturated rings. The van der Waals surface area contributed by atoms with Gasteiger partial charge in [0, 0.05) is 31.2 Å². The molecule has 2 aromatic rings. The van der Waals surface area contributed by atoms with Crippen LogP contribution in [0.3, 0.4) is 0 Å². The van der Waals surface area contributed by atoms with E-state index in [1.807, 2.05) is 30.0 Å². The van der Waals surface area contributed by atoms with Gasteiger partial charge < -0.3 is 14.6 Å². The number of amides is 1. The first-order valence-electron chi connectivity index (χ1n) is 7.03. The summed E-state index contributed by atoms with van der Waals surface area (Å²) in [5.74, 6) is 0.910. The number of furan rings is 1. The van der Waals surface area contributed by atoms with E-state index in [2.05, 4.69) is 5.32 Å². The molecule has 1 aromatic heterocycles. The number of nitrogens with zero attached hydrogens (tertiary/aromatic N) is 1. The van der Waals surface area contributed by atoms with E-state index in [4.69, 9.17) is 16.0 Å². The molecule has 4 nitrogen and oxygen atoms in total. The lowest BCUT2D eigenvalue weighted by Crippen LogP contribution is -2.52. The third-order valence-electron chi connectivity index (χ3n) is 3.72. The fourth-order valence-corrected chi connectivity index (χ4v) is 2.77. The quantitative estimate of drug-likeness (QED) is 0.910. The van der Waals surface area contributed by atoms with Gasteiger partial charge in [0.25, 0.3) is 5.91 Å². The van der Waals surface area contributed by atoms with Crippen LogP contribution in [-0.4, -0.2) is 36.5 Å². The molecule has 0 spiro atoms. The fraction of sp³-hybridized carbons (Fsp3) is 0.312. The summed E-state index contributed by atoms with van der Waals surface area (Å²) in [6.07, 6.45) is 0. The minimum absolute atomic E-state index is 0.